The van der Waals surface area contributed by atoms with E-state index in [1.807, 2.05) is 30.3 Å². The van der Waals surface area contributed by atoms with Crippen molar-refractivity contribution < 1.29 is 14.1 Å². The lowest BCUT2D eigenvalue weighted by Gasteiger charge is -2.33. The van der Waals surface area contributed by atoms with E-state index in [1.54, 1.807) is 15.9 Å². The van der Waals surface area contributed by atoms with Crippen LogP contribution in [0.1, 0.15) is 6.92 Å². The zero-order valence-electron chi connectivity index (χ0n) is 12.9. The van der Waals surface area contributed by atoms with Gasteiger partial charge in [-0.3, -0.25) is 10.1 Å². The number of benzene rings is 1. The lowest BCUT2D eigenvalue weighted by atomic mass is 10.2. The van der Waals surface area contributed by atoms with Crippen LogP contribution in [0.3, 0.4) is 0 Å². The van der Waals surface area contributed by atoms with Gasteiger partial charge in [0.2, 0.25) is 5.91 Å². The van der Waals surface area contributed by atoms with Crippen molar-refractivity contribution in [1.82, 2.24) is 15.0 Å². The Hall–Kier alpha value is -2.83. The van der Waals surface area contributed by atoms with Gasteiger partial charge >= 0.3 is 6.03 Å². The van der Waals surface area contributed by atoms with Gasteiger partial charge in [-0.1, -0.05) is 35.5 Å². The van der Waals surface area contributed by atoms with Crippen molar-refractivity contribution in [2.24, 2.45) is 0 Å². The topological polar surface area (TPSA) is 78.7 Å². The first-order valence-electron chi connectivity index (χ1n) is 7.47. The number of nitrogens with zero attached hydrogens (tertiary/aromatic N) is 3. The van der Waals surface area contributed by atoms with E-state index >= 15 is 0 Å². The van der Waals surface area contributed by atoms with Crippen LogP contribution < -0.4 is 5.32 Å². The van der Waals surface area contributed by atoms with Gasteiger partial charge in [0, 0.05) is 44.7 Å². The maximum atomic E-state index is 12.2. The van der Waals surface area contributed by atoms with E-state index < -0.39 is 0 Å². The van der Waals surface area contributed by atoms with E-state index in [1.165, 1.54) is 6.92 Å². The Morgan fingerprint density at radius 2 is 1.74 bits per heavy atom. The summed E-state index contributed by atoms with van der Waals surface area (Å²) in [5, 5.41) is 6.60. The maximum Gasteiger partial charge on any atom is 0.323 e. The molecule has 120 valence electrons. The summed E-state index contributed by atoms with van der Waals surface area (Å²) in [5.74, 6) is 1.01. The summed E-state index contributed by atoms with van der Waals surface area (Å²) in [7, 11) is 0. The third kappa shape index (κ3) is 3.50. The number of hydrogen-bond acceptors (Lipinski definition) is 4. The number of urea groups is 1. The van der Waals surface area contributed by atoms with Crippen molar-refractivity contribution in [2.75, 3.05) is 31.5 Å². The summed E-state index contributed by atoms with van der Waals surface area (Å²) < 4.78 is 5.25. The summed E-state index contributed by atoms with van der Waals surface area (Å²) in [6.45, 7) is 3.66. The molecule has 1 aromatic carbocycles. The monoisotopic (exact) mass is 314 g/mol. The Morgan fingerprint density at radius 3 is 2.39 bits per heavy atom. The molecule has 0 unspecified atom stereocenters. The molecule has 1 aromatic heterocycles. The number of carbonyl (C=O) groups is 2. The zero-order chi connectivity index (χ0) is 16.2. The van der Waals surface area contributed by atoms with Crippen LogP contribution >= 0.6 is 0 Å². The van der Waals surface area contributed by atoms with Gasteiger partial charge in [-0.25, -0.2) is 4.79 Å². The first kappa shape index (κ1) is 15.1. The molecule has 0 bridgehead atoms. The lowest BCUT2D eigenvalue weighted by Crippen LogP contribution is -2.51. The van der Waals surface area contributed by atoms with Crippen molar-refractivity contribution in [3.05, 3.63) is 36.4 Å². The number of carbonyl (C=O) groups excluding carboxylic acids is 2. The Bertz CT molecular complexity index is 690. The smallest absolute Gasteiger partial charge is 0.323 e. The average molecular weight is 314 g/mol. The highest BCUT2D eigenvalue weighted by molar-refractivity contribution is 5.89. The van der Waals surface area contributed by atoms with Gasteiger partial charge in [-0.15, -0.1) is 0 Å². The maximum absolute atomic E-state index is 12.2. The minimum Gasteiger partial charge on any atom is -0.354 e. The number of amides is 3. The average Bonchev–Trinajstić information content (AvgIpc) is 3.04. The fourth-order valence-electron chi connectivity index (χ4n) is 2.49. The van der Waals surface area contributed by atoms with Gasteiger partial charge in [0.15, 0.2) is 11.6 Å². The van der Waals surface area contributed by atoms with E-state index in [0.717, 1.165) is 5.56 Å². The number of nitrogens with one attached hydrogen (secondary N) is 1. The summed E-state index contributed by atoms with van der Waals surface area (Å²) in [5.41, 5.74) is 0.899. The first-order chi connectivity index (χ1) is 11.1. The largest absolute Gasteiger partial charge is 0.354 e. The fourth-order valence-corrected chi connectivity index (χ4v) is 2.49. The number of piperazine rings is 1. The summed E-state index contributed by atoms with van der Waals surface area (Å²) >= 11 is 0. The van der Waals surface area contributed by atoms with Crippen LogP contribution in [0.15, 0.2) is 40.9 Å². The fraction of sp³-hybridized carbons (Fsp3) is 0.312. The predicted molar refractivity (Wildman–Crippen MR) is 84.8 cm³/mol. The Kier molecular flexibility index (Phi) is 4.27. The lowest BCUT2D eigenvalue weighted by molar-refractivity contribution is -0.130. The third-order valence-electron chi connectivity index (χ3n) is 3.82. The molecule has 7 nitrogen and oxygen atoms in total. The van der Waals surface area contributed by atoms with Gasteiger partial charge in [0.25, 0.3) is 0 Å². The molecule has 1 aliphatic rings. The SMILES string of the molecule is CC(=O)N1CCN(C(=O)Nc2cc(-c3ccccc3)on2)CC1. The highest BCUT2D eigenvalue weighted by Crippen LogP contribution is 2.22. The predicted octanol–water partition coefficient (Wildman–Crippen LogP) is 2.04. The van der Waals surface area contributed by atoms with Crippen LogP contribution in [0.5, 0.6) is 0 Å². The molecule has 1 N–H and O–H groups in total. The van der Waals surface area contributed by atoms with Crippen molar-refractivity contribution in [1.29, 1.82) is 0 Å². The molecule has 0 atom stereocenters. The summed E-state index contributed by atoms with van der Waals surface area (Å²) in [6, 6.07) is 11.0. The molecule has 23 heavy (non-hydrogen) atoms. The van der Waals surface area contributed by atoms with Crippen LogP contribution in [-0.2, 0) is 4.79 Å². The molecule has 1 saturated heterocycles. The zero-order valence-corrected chi connectivity index (χ0v) is 12.9. The summed E-state index contributed by atoms with van der Waals surface area (Å²) in [6.07, 6.45) is 0. The molecule has 2 aromatic rings. The normalized spacial score (nSPS) is 14.7. The van der Waals surface area contributed by atoms with Crippen molar-refractivity contribution in [2.45, 2.75) is 6.92 Å². The highest BCUT2D eigenvalue weighted by Gasteiger charge is 2.23. The summed E-state index contributed by atoms with van der Waals surface area (Å²) in [4.78, 5) is 26.9. The van der Waals surface area contributed by atoms with Crippen LogP contribution in [0.4, 0.5) is 10.6 Å². The van der Waals surface area contributed by atoms with Gasteiger partial charge in [0.1, 0.15) is 0 Å². The Labute approximate surface area is 133 Å². The molecular weight excluding hydrogens is 296 g/mol. The Balaban J connectivity index is 1.59. The van der Waals surface area contributed by atoms with Gasteiger partial charge in [-0.05, 0) is 0 Å². The number of aromatic nitrogens is 1. The van der Waals surface area contributed by atoms with E-state index in [4.69, 9.17) is 4.52 Å². The first-order valence-corrected chi connectivity index (χ1v) is 7.47. The molecule has 0 radical (unpaired) electrons. The second-order valence-corrected chi connectivity index (χ2v) is 5.37. The molecule has 3 amide bonds. The second-order valence-electron chi connectivity index (χ2n) is 5.37. The van der Waals surface area contributed by atoms with E-state index in [0.29, 0.717) is 37.8 Å². The van der Waals surface area contributed by atoms with E-state index in [2.05, 4.69) is 10.5 Å². The number of rotatable bonds is 2. The second kappa shape index (κ2) is 6.51. The minimum absolute atomic E-state index is 0.0362. The van der Waals surface area contributed by atoms with Crippen LogP contribution in [0, 0.1) is 0 Å². The van der Waals surface area contributed by atoms with Gasteiger partial charge in [-0.2, -0.15) is 0 Å². The number of anilines is 1. The third-order valence-corrected chi connectivity index (χ3v) is 3.82. The van der Waals surface area contributed by atoms with Crippen molar-refractivity contribution >= 4 is 17.8 Å². The molecule has 0 saturated carbocycles. The molecule has 1 fully saturated rings. The minimum atomic E-state index is -0.235. The molecule has 0 spiro atoms. The Morgan fingerprint density at radius 1 is 1.09 bits per heavy atom. The van der Waals surface area contributed by atoms with Crippen LogP contribution in [0.2, 0.25) is 0 Å². The molecule has 0 aliphatic carbocycles. The van der Waals surface area contributed by atoms with Crippen LogP contribution in [0.25, 0.3) is 11.3 Å². The molecule has 3 rings (SSSR count). The standard InChI is InChI=1S/C16H18N4O3/c1-12(21)19-7-9-20(10-8-19)16(22)17-15-11-14(23-18-15)13-5-3-2-4-6-13/h2-6,11H,7-10H2,1H3,(H,17,18,22). The van der Waals surface area contributed by atoms with Crippen LogP contribution in [-0.4, -0.2) is 53.1 Å². The highest BCUT2D eigenvalue weighted by atomic mass is 16.5. The van der Waals surface area contributed by atoms with Gasteiger partial charge in [0.05, 0.1) is 0 Å². The quantitative estimate of drug-likeness (QED) is 0.920. The van der Waals surface area contributed by atoms with E-state index in [9.17, 15) is 9.59 Å². The van der Waals surface area contributed by atoms with Gasteiger partial charge < -0.3 is 14.3 Å². The van der Waals surface area contributed by atoms with E-state index in [-0.39, 0.29) is 11.9 Å². The molecule has 1 aliphatic heterocycles. The van der Waals surface area contributed by atoms with Crippen molar-refractivity contribution in [3.8, 4) is 11.3 Å². The molecule has 2 heterocycles. The van der Waals surface area contributed by atoms with Crippen molar-refractivity contribution in [3.63, 3.8) is 0 Å². The number of hydrogen-bond donors (Lipinski definition) is 1. The molecule has 7 heteroatoms. The molecular formula is C16H18N4O3.